The molecule has 2 aromatic rings. The highest BCUT2D eigenvalue weighted by molar-refractivity contribution is 5.89. The Hall–Kier alpha value is -2.70. The van der Waals surface area contributed by atoms with Crippen LogP contribution in [0.3, 0.4) is 0 Å². The lowest BCUT2D eigenvalue weighted by Crippen LogP contribution is -2.41. The third-order valence-corrected chi connectivity index (χ3v) is 4.88. The normalized spacial score (nSPS) is 15.0. The van der Waals surface area contributed by atoms with Crippen molar-refractivity contribution in [2.75, 3.05) is 32.6 Å². The van der Waals surface area contributed by atoms with Gasteiger partial charge in [-0.25, -0.2) is 9.78 Å². The molecular formula is C19H26N4O3. The van der Waals surface area contributed by atoms with Gasteiger partial charge in [-0.15, -0.1) is 0 Å². The van der Waals surface area contributed by atoms with E-state index in [0.717, 1.165) is 38.3 Å². The molecule has 1 N–H and O–H groups in total. The van der Waals surface area contributed by atoms with Crippen molar-refractivity contribution < 1.29 is 14.3 Å². The number of carbonyl (C=O) groups is 1. The predicted octanol–water partition coefficient (Wildman–Crippen LogP) is 3.15. The Morgan fingerprint density at radius 2 is 1.85 bits per heavy atom. The van der Waals surface area contributed by atoms with Gasteiger partial charge in [-0.05, 0) is 25.7 Å². The van der Waals surface area contributed by atoms with Crippen LogP contribution in [0.25, 0.3) is 0 Å². The topological polar surface area (TPSA) is 68.6 Å². The van der Waals surface area contributed by atoms with Crippen molar-refractivity contribution in [3.63, 3.8) is 0 Å². The van der Waals surface area contributed by atoms with Gasteiger partial charge in [0.25, 0.3) is 0 Å². The fourth-order valence-electron chi connectivity index (χ4n) is 3.28. The maximum absolute atomic E-state index is 12.6. The lowest BCUT2D eigenvalue weighted by molar-refractivity contribution is 0.176. The number of amides is 2. The summed E-state index contributed by atoms with van der Waals surface area (Å²) in [6, 6.07) is 5.26. The molecule has 7 nitrogen and oxygen atoms in total. The molecule has 0 atom stereocenters. The van der Waals surface area contributed by atoms with Crippen LogP contribution >= 0.6 is 0 Å². The van der Waals surface area contributed by atoms with Crippen molar-refractivity contribution in [1.82, 2.24) is 14.5 Å². The number of nitrogens with one attached hydrogen (secondary N) is 1. The van der Waals surface area contributed by atoms with E-state index in [9.17, 15) is 4.79 Å². The number of urea groups is 1. The van der Waals surface area contributed by atoms with Gasteiger partial charge in [-0.1, -0.05) is 0 Å². The number of hydrogen-bond donors (Lipinski definition) is 1. The van der Waals surface area contributed by atoms with E-state index in [4.69, 9.17) is 9.47 Å². The zero-order chi connectivity index (χ0) is 18.5. The summed E-state index contributed by atoms with van der Waals surface area (Å²) in [6.45, 7) is 4.50. The van der Waals surface area contributed by atoms with Gasteiger partial charge in [0.1, 0.15) is 17.3 Å². The highest BCUT2D eigenvalue weighted by Gasteiger charge is 2.23. The number of carbonyl (C=O) groups excluding carboxylic acids is 1. The van der Waals surface area contributed by atoms with Crippen LogP contribution in [0.5, 0.6) is 11.5 Å². The minimum absolute atomic E-state index is 0.0856. The summed E-state index contributed by atoms with van der Waals surface area (Å²) >= 11 is 0. The van der Waals surface area contributed by atoms with E-state index in [0.29, 0.717) is 23.1 Å². The Morgan fingerprint density at radius 1 is 1.19 bits per heavy atom. The van der Waals surface area contributed by atoms with Gasteiger partial charge >= 0.3 is 6.03 Å². The molecular weight excluding hydrogens is 332 g/mol. The molecule has 0 bridgehead atoms. The number of nitrogens with zero attached hydrogens (tertiary/aromatic N) is 3. The monoisotopic (exact) mass is 358 g/mol. The molecule has 1 saturated heterocycles. The number of piperidine rings is 1. The largest absolute Gasteiger partial charge is 0.497 e. The molecule has 0 unspecified atom stereocenters. The summed E-state index contributed by atoms with van der Waals surface area (Å²) < 4.78 is 12.7. The quantitative estimate of drug-likeness (QED) is 0.891. The zero-order valence-corrected chi connectivity index (χ0v) is 15.6. The molecule has 3 rings (SSSR count). The van der Waals surface area contributed by atoms with Gasteiger partial charge in [0.2, 0.25) is 0 Å². The second-order valence-corrected chi connectivity index (χ2v) is 6.59. The van der Waals surface area contributed by atoms with Crippen LogP contribution in [-0.2, 0) is 6.54 Å². The third kappa shape index (κ3) is 4.28. The Bertz CT molecular complexity index is 729. The van der Waals surface area contributed by atoms with E-state index in [-0.39, 0.29) is 6.03 Å². The minimum atomic E-state index is -0.0856. The minimum Gasteiger partial charge on any atom is -0.497 e. The molecule has 2 amide bonds. The van der Waals surface area contributed by atoms with Crippen molar-refractivity contribution in [2.45, 2.75) is 26.3 Å². The molecule has 0 spiro atoms. The molecule has 140 valence electrons. The summed E-state index contributed by atoms with van der Waals surface area (Å²) in [4.78, 5) is 18.7. The maximum atomic E-state index is 12.6. The Labute approximate surface area is 153 Å². The SMILES string of the molecule is COc1cc(NC(=O)N2CCC(Cn3ccnc3C)CC2)cc(OC)c1. The first-order valence-corrected chi connectivity index (χ1v) is 8.85. The molecule has 1 aliphatic rings. The number of rotatable bonds is 5. The van der Waals surface area contributed by atoms with Crippen molar-refractivity contribution >= 4 is 11.7 Å². The standard InChI is InChI=1S/C19H26N4O3/c1-14-20-6-9-23(14)13-15-4-7-22(8-5-15)19(24)21-16-10-17(25-2)12-18(11-16)26-3/h6,9-12,15H,4-5,7-8,13H2,1-3H3,(H,21,24). The van der Waals surface area contributed by atoms with Crippen LogP contribution in [0.1, 0.15) is 18.7 Å². The van der Waals surface area contributed by atoms with Crippen LogP contribution in [0.4, 0.5) is 10.5 Å². The van der Waals surface area contributed by atoms with E-state index >= 15 is 0 Å². The zero-order valence-electron chi connectivity index (χ0n) is 15.6. The first-order valence-electron chi connectivity index (χ1n) is 8.85. The number of hydrogen-bond acceptors (Lipinski definition) is 4. The lowest BCUT2D eigenvalue weighted by Gasteiger charge is -2.32. The van der Waals surface area contributed by atoms with Crippen LogP contribution in [0, 0.1) is 12.8 Å². The van der Waals surface area contributed by atoms with Gasteiger partial charge in [-0.3, -0.25) is 0 Å². The van der Waals surface area contributed by atoms with Crippen molar-refractivity contribution in [3.8, 4) is 11.5 Å². The van der Waals surface area contributed by atoms with E-state index in [1.165, 1.54) is 0 Å². The molecule has 1 aromatic carbocycles. The van der Waals surface area contributed by atoms with Gasteiger partial charge in [0.05, 0.1) is 14.2 Å². The highest BCUT2D eigenvalue weighted by atomic mass is 16.5. The average Bonchev–Trinajstić information content (AvgIpc) is 3.06. The summed E-state index contributed by atoms with van der Waals surface area (Å²) in [5.74, 6) is 2.91. The molecule has 2 heterocycles. The fraction of sp³-hybridized carbons (Fsp3) is 0.474. The van der Waals surface area contributed by atoms with Crippen molar-refractivity contribution in [3.05, 3.63) is 36.4 Å². The van der Waals surface area contributed by atoms with Gasteiger partial charge in [0, 0.05) is 55.9 Å². The molecule has 1 aliphatic heterocycles. The number of likely N-dealkylation sites (tertiary alicyclic amines) is 1. The van der Waals surface area contributed by atoms with Crippen molar-refractivity contribution in [2.24, 2.45) is 5.92 Å². The number of benzene rings is 1. The summed E-state index contributed by atoms with van der Waals surface area (Å²) in [5.41, 5.74) is 0.669. The van der Waals surface area contributed by atoms with Gasteiger partial charge < -0.3 is 24.3 Å². The summed E-state index contributed by atoms with van der Waals surface area (Å²) in [5, 5.41) is 2.94. The summed E-state index contributed by atoms with van der Waals surface area (Å²) in [6.07, 6.45) is 5.84. The van der Waals surface area contributed by atoms with Gasteiger partial charge in [0.15, 0.2) is 0 Å². The Balaban J connectivity index is 1.54. The van der Waals surface area contributed by atoms with Crippen LogP contribution < -0.4 is 14.8 Å². The third-order valence-electron chi connectivity index (χ3n) is 4.88. The number of imidazole rings is 1. The van der Waals surface area contributed by atoms with E-state index < -0.39 is 0 Å². The fourth-order valence-corrected chi connectivity index (χ4v) is 3.28. The van der Waals surface area contributed by atoms with E-state index in [2.05, 4.69) is 14.9 Å². The second kappa shape index (κ2) is 8.12. The number of anilines is 1. The number of ether oxygens (including phenoxy) is 2. The Kier molecular flexibility index (Phi) is 5.65. The average molecular weight is 358 g/mol. The lowest BCUT2D eigenvalue weighted by atomic mass is 9.97. The van der Waals surface area contributed by atoms with Crippen LogP contribution in [0.2, 0.25) is 0 Å². The highest BCUT2D eigenvalue weighted by Crippen LogP contribution is 2.26. The smallest absolute Gasteiger partial charge is 0.321 e. The maximum Gasteiger partial charge on any atom is 0.321 e. The Morgan fingerprint density at radius 3 is 2.38 bits per heavy atom. The first kappa shape index (κ1) is 18.1. The van der Waals surface area contributed by atoms with E-state index in [1.54, 1.807) is 32.4 Å². The molecule has 7 heteroatoms. The second-order valence-electron chi connectivity index (χ2n) is 6.59. The van der Waals surface area contributed by atoms with Gasteiger partial charge in [-0.2, -0.15) is 0 Å². The number of aryl methyl sites for hydroxylation is 1. The first-order chi connectivity index (χ1) is 12.6. The molecule has 0 radical (unpaired) electrons. The van der Waals surface area contributed by atoms with E-state index in [1.807, 2.05) is 24.2 Å². The molecule has 0 saturated carbocycles. The van der Waals surface area contributed by atoms with Crippen LogP contribution in [0.15, 0.2) is 30.6 Å². The van der Waals surface area contributed by atoms with Crippen molar-refractivity contribution in [1.29, 1.82) is 0 Å². The predicted molar refractivity (Wildman–Crippen MR) is 99.8 cm³/mol. The number of methoxy groups -OCH3 is 2. The number of aromatic nitrogens is 2. The summed E-state index contributed by atoms with van der Waals surface area (Å²) in [7, 11) is 3.18. The molecule has 26 heavy (non-hydrogen) atoms. The molecule has 0 aliphatic carbocycles. The molecule has 1 fully saturated rings. The van der Waals surface area contributed by atoms with Crippen LogP contribution in [-0.4, -0.2) is 47.8 Å². The molecule has 1 aromatic heterocycles.